The molecule has 1 heterocycles. The van der Waals surface area contributed by atoms with Crippen LogP contribution in [0.5, 0.6) is 0 Å². The topological polar surface area (TPSA) is 63.6 Å². The molecule has 1 rings (SSSR count). The van der Waals surface area contributed by atoms with Crippen molar-refractivity contribution in [2.45, 2.75) is 0 Å². The Morgan fingerprint density at radius 2 is 2.75 bits per heavy atom. The fourth-order valence-corrected chi connectivity index (χ4v) is 0.962. The van der Waals surface area contributed by atoms with Gasteiger partial charge in [-0.2, -0.15) is 5.10 Å². The zero-order valence-electron chi connectivity index (χ0n) is 6.35. The fourth-order valence-electron chi connectivity index (χ4n) is 0.484. The monoisotopic (exact) mass is 185 g/mol. The van der Waals surface area contributed by atoms with Crippen LogP contribution in [0, 0.1) is 0 Å². The van der Waals surface area contributed by atoms with Crippen LogP contribution >= 0.6 is 11.3 Å². The number of thiazole rings is 1. The maximum Gasteiger partial charge on any atom is 0.427 e. The molecule has 64 valence electrons. The van der Waals surface area contributed by atoms with Crippen molar-refractivity contribution in [3.63, 3.8) is 0 Å². The second-order valence-corrected chi connectivity index (χ2v) is 2.68. The molecule has 1 aromatic rings. The number of nitrogens with zero attached hydrogens (tertiary/aromatic N) is 2. The summed E-state index contributed by atoms with van der Waals surface area (Å²) < 4.78 is 4.29. The number of ether oxygens (including phenoxy) is 1. The molecule has 0 radical (unpaired) electrons. The van der Waals surface area contributed by atoms with Gasteiger partial charge in [0.2, 0.25) is 0 Å². The van der Waals surface area contributed by atoms with Crippen molar-refractivity contribution in [1.29, 1.82) is 0 Å². The lowest BCUT2D eigenvalue weighted by Gasteiger charge is -1.93. The van der Waals surface area contributed by atoms with E-state index < -0.39 is 6.09 Å². The van der Waals surface area contributed by atoms with Gasteiger partial charge in [-0.1, -0.05) is 0 Å². The lowest BCUT2D eigenvalue weighted by atomic mass is 10.6. The number of carbonyl (C=O) groups excluding carboxylic acids is 1. The quantitative estimate of drug-likeness (QED) is 0.548. The standard InChI is InChI=1S/C6H7N3O2S/c1-11-6(10)9-8-3-5-2-7-4-12-5/h2-4H,1H3,(H,9,10)/b8-3+. The van der Waals surface area contributed by atoms with Crippen molar-refractivity contribution in [3.8, 4) is 0 Å². The van der Waals surface area contributed by atoms with Crippen LogP contribution in [0.4, 0.5) is 4.79 Å². The molecule has 5 nitrogen and oxygen atoms in total. The zero-order valence-corrected chi connectivity index (χ0v) is 7.17. The van der Waals surface area contributed by atoms with E-state index in [1.807, 2.05) is 0 Å². The minimum absolute atomic E-state index is 0.587. The van der Waals surface area contributed by atoms with Gasteiger partial charge >= 0.3 is 6.09 Å². The summed E-state index contributed by atoms with van der Waals surface area (Å²) in [5, 5.41) is 3.61. The number of hydrogen-bond donors (Lipinski definition) is 1. The van der Waals surface area contributed by atoms with Crippen LogP contribution in [-0.4, -0.2) is 24.4 Å². The number of hydrogen-bond acceptors (Lipinski definition) is 5. The van der Waals surface area contributed by atoms with Crippen LogP contribution in [-0.2, 0) is 4.74 Å². The van der Waals surface area contributed by atoms with E-state index in [9.17, 15) is 4.79 Å². The minimum Gasteiger partial charge on any atom is -0.452 e. The van der Waals surface area contributed by atoms with Crippen LogP contribution in [0.2, 0.25) is 0 Å². The van der Waals surface area contributed by atoms with E-state index in [4.69, 9.17) is 0 Å². The Morgan fingerprint density at radius 3 is 3.33 bits per heavy atom. The summed E-state index contributed by atoms with van der Waals surface area (Å²) in [6.07, 6.45) is 2.55. The molecule has 0 aliphatic heterocycles. The molecule has 0 aliphatic carbocycles. The van der Waals surface area contributed by atoms with Gasteiger partial charge in [-0.05, 0) is 0 Å². The van der Waals surface area contributed by atoms with E-state index in [0.29, 0.717) is 0 Å². The molecular formula is C6H7N3O2S. The van der Waals surface area contributed by atoms with Crippen molar-refractivity contribution < 1.29 is 9.53 Å². The van der Waals surface area contributed by atoms with Crippen molar-refractivity contribution in [1.82, 2.24) is 10.4 Å². The average molecular weight is 185 g/mol. The smallest absolute Gasteiger partial charge is 0.427 e. The van der Waals surface area contributed by atoms with E-state index in [-0.39, 0.29) is 0 Å². The van der Waals surface area contributed by atoms with E-state index in [0.717, 1.165) is 4.88 Å². The molecule has 1 N–H and O–H groups in total. The zero-order chi connectivity index (χ0) is 8.81. The van der Waals surface area contributed by atoms with Crippen molar-refractivity contribution >= 4 is 23.6 Å². The molecule has 0 aromatic carbocycles. The largest absolute Gasteiger partial charge is 0.452 e. The number of hydrazone groups is 1. The summed E-state index contributed by atoms with van der Waals surface area (Å²) >= 11 is 1.43. The molecule has 0 unspecified atom stereocenters. The maximum atomic E-state index is 10.5. The summed E-state index contributed by atoms with van der Waals surface area (Å²) in [6, 6.07) is 0. The lowest BCUT2D eigenvalue weighted by Crippen LogP contribution is -2.16. The molecule has 0 spiro atoms. The van der Waals surface area contributed by atoms with Crippen LogP contribution in [0.1, 0.15) is 4.88 Å². The summed E-state index contributed by atoms with van der Waals surface area (Å²) in [6.45, 7) is 0. The SMILES string of the molecule is COC(=O)N/N=C/c1cncs1. The third kappa shape index (κ3) is 2.67. The number of aromatic nitrogens is 1. The van der Waals surface area contributed by atoms with Crippen LogP contribution in [0.25, 0.3) is 0 Å². The Morgan fingerprint density at radius 1 is 1.92 bits per heavy atom. The molecule has 0 aliphatic rings. The van der Waals surface area contributed by atoms with E-state index in [1.165, 1.54) is 24.7 Å². The number of carbonyl (C=O) groups is 1. The van der Waals surface area contributed by atoms with E-state index >= 15 is 0 Å². The van der Waals surface area contributed by atoms with Gasteiger partial charge in [0.1, 0.15) is 0 Å². The third-order valence-electron chi connectivity index (χ3n) is 0.984. The second kappa shape index (κ2) is 4.45. The molecule has 0 bridgehead atoms. The Kier molecular flexibility index (Phi) is 3.21. The van der Waals surface area contributed by atoms with E-state index in [1.54, 1.807) is 11.7 Å². The van der Waals surface area contributed by atoms with Crippen LogP contribution < -0.4 is 5.43 Å². The lowest BCUT2D eigenvalue weighted by molar-refractivity contribution is 0.171. The molecule has 0 fully saturated rings. The van der Waals surface area contributed by atoms with Gasteiger partial charge in [-0.3, -0.25) is 4.98 Å². The highest BCUT2D eigenvalue weighted by atomic mass is 32.1. The molecule has 1 amide bonds. The highest BCUT2D eigenvalue weighted by Gasteiger charge is 1.92. The average Bonchev–Trinajstić information content (AvgIpc) is 2.57. The van der Waals surface area contributed by atoms with Gasteiger partial charge < -0.3 is 4.74 Å². The molecule has 1 aromatic heterocycles. The summed E-state index contributed by atoms with van der Waals surface area (Å²) in [5.74, 6) is 0. The minimum atomic E-state index is -0.587. The first-order valence-electron chi connectivity index (χ1n) is 3.08. The predicted octanol–water partition coefficient (Wildman–Crippen LogP) is 0.833. The molecule has 6 heteroatoms. The molecule has 12 heavy (non-hydrogen) atoms. The first kappa shape index (κ1) is 8.66. The van der Waals surface area contributed by atoms with Gasteiger partial charge in [0.05, 0.1) is 23.7 Å². The van der Waals surface area contributed by atoms with Crippen LogP contribution in [0.3, 0.4) is 0 Å². The van der Waals surface area contributed by atoms with Crippen LogP contribution in [0.15, 0.2) is 16.8 Å². The van der Waals surface area contributed by atoms with Crippen molar-refractivity contribution in [2.75, 3.05) is 7.11 Å². The number of methoxy groups -OCH3 is 1. The van der Waals surface area contributed by atoms with Gasteiger partial charge in [0.25, 0.3) is 0 Å². The predicted molar refractivity (Wildman–Crippen MR) is 45.2 cm³/mol. The highest BCUT2D eigenvalue weighted by Crippen LogP contribution is 2.00. The third-order valence-corrected chi connectivity index (χ3v) is 1.69. The first-order valence-corrected chi connectivity index (χ1v) is 3.96. The van der Waals surface area contributed by atoms with Gasteiger partial charge in [-0.15, -0.1) is 11.3 Å². The normalized spacial score (nSPS) is 10.1. The summed E-state index contributed by atoms with van der Waals surface area (Å²) in [5.41, 5.74) is 3.84. The van der Waals surface area contributed by atoms with Gasteiger partial charge in [-0.25, -0.2) is 10.2 Å². The number of rotatable bonds is 2. The number of amides is 1. The van der Waals surface area contributed by atoms with Gasteiger partial charge in [0.15, 0.2) is 0 Å². The van der Waals surface area contributed by atoms with Crippen molar-refractivity contribution in [2.24, 2.45) is 5.10 Å². The Balaban J connectivity index is 2.37. The maximum absolute atomic E-state index is 10.5. The first-order chi connectivity index (χ1) is 5.83. The molecule has 0 saturated heterocycles. The molecule has 0 saturated carbocycles. The molecular weight excluding hydrogens is 178 g/mol. The Labute approximate surface area is 73.1 Å². The van der Waals surface area contributed by atoms with Gasteiger partial charge in [0, 0.05) is 6.20 Å². The molecule has 0 atom stereocenters. The summed E-state index contributed by atoms with van der Waals surface area (Å²) in [7, 11) is 1.28. The second-order valence-electron chi connectivity index (χ2n) is 1.77. The van der Waals surface area contributed by atoms with Crippen molar-refractivity contribution in [3.05, 3.63) is 16.6 Å². The highest BCUT2D eigenvalue weighted by molar-refractivity contribution is 7.11. The fraction of sp³-hybridized carbons (Fsp3) is 0.167. The summed E-state index contributed by atoms with van der Waals surface area (Å²) in [4.78, 5) is 15.2. The Hall–Kier alpha value is -1.43. The number of nitrogens with one attached hydrogen (secondary N) is 1. The van der Waals surface area contributed by atoms with E-state index in [2.05, 4.69) is 20.2 Å². The Bertz CT molecular complexity index is 270.